The molecule has 0 radical (unpaired) electrons. The Balaban J connectivity index is 1.69. The van der Waals surface area contributed by atoms with E-state index in [0.717, 1.165) is 43.7 Å². The van der Waals surface area contributed by atoms with Gasteiger partial charge in [-0.1, -0.05) is 23.8 Å². The van der Waals surface area contributed by atoms with Crippen LogP contribution in [0.1, 0.15) is 39.0 Å². The molecule has 0 bridgehead atoms. The summed E-state index contributed by atoms with van der Waals surface area (Å²) in [4.78, 5) is 14.9. The highest BCUT2D eigenvalue weighted by Gasteiger charge is 2.24. The predicted octanol–water partition coefficient (Wildman–Crippen LogP) is 3.19. The molecule has 0 fully saturated rings. The van der Waals surface area contributed by atoms with Crippen LogP contribution in [0.25, 0.3) is 0 Å². The number of aryl methyl sites for hydroxylation is 2. The molecule has 3 heteroatoms. The Hall–Kier alpha value is -2.13. The van der Waals surface area contributed by atoms with E-state index in [1.165, 1.54) is 22.3 Å². The maximum absolute atomic E-state index is 13.0. The zero-order valence-corrected chi connectivity index (χ0v) is 12.9. The molecule has 0 spiro atoms. The molecule has 0 saturated carbocycles. The van der Waals surface area contributed by atoms with Gasteiger partial charge in [-0.15, -0.1) is 0 Å². The van der Waals surface area contributed by atoms with Gasteiger partial charge >= 0.3 is 0 Å². The van der Waals surface area contributed by atoms with Crippen LogP contribution < -0.4 is 10.2 Å². The lowest BCUT2D eigenvalue weighted by atomic mass is 9.98. The fourth-order valence-electron chi connectivity index (χ4n) is 3.52. The quantitative estimate of drug-likeness (QED) is 0.875. The van der Waals surface area contributed by atoms with E-state index in [1.807, 2.05) is 11.0 Å². The van der Waals surface area contributed by atoms with Gasteiger partial charge in [-0.25, -0.2) is 0 Å². The van der Waals surface area contributed by atoms with Gasteiger partial charge in [-0.3, -0.25) is 4.79 Å². The number of rotatable bonds is 1. The molecule has 2 aliphatic heterocycles. The smallest absolute Gasteiger partial charge is 0.258 e. The third-order valence-electron chi connectivity index (χ3n) is 4.68. The standard InChI is InChI=1S/C19H20N2O/c1-13-4-7-18-14(9-13)3-2-8-21(18)19(22)15-5-6-16-11-20-12-17(16)10-15/h4-7,9-10,20H,2-3,8,11-12H2,1H3. The molecular weight excluding hydrogens is 272 g/mol. The summed E-state index contributed by atoms with van der Waals surface area (Å²) in [6.07, 6.45) is 2.10. The summed E-state index contributed by atoms with van der Waals surface area (Å²) < 4.78 is 0. The van der Waals surface area contributed by atoms with E-state index in [2.05, 4.69) is 42.6 Å². The number of anilines is 1. The normalized spacial score (nSPS) is 16.3. The maximum atomic E-state index is 13.0. The van der Waals surface area contributed by atoms with Crippen molar-refractivity contribution in [1.29, 1.82) is 0 Å². The summed E-state index contributed by atoms with van der Waals surface area (Å²) in [5.41, 5.74) is 7.01. The number of nitrogens with one attached hydrogen (secondary N) is 1. The first kappa shape index (κ1) is 13.5. The Kier molecular flexibility index (Phi) is 3.23. The third-order valence-corrected chi connectivity index (χ3v) is 4.68. The number of amides is 1. The zero-order chi connectivity index (χ0) is 15.1. The van der Waals surface area contributed by atoms with Crippen molar-refractivity contribution in [3.8, 4) is 0 Å². The number of carbonyl (C=O) groups is 1. The minimum Gasteiger partial charge on any atom is -0.309 e. The third kappa shape index (κ3) is 2.22. The van der Waals surface area contributed by atoms with Crippen LogP contribution >= 0.6 is 0 Å². The van der Waals surface area contributed by atoms with Crippen LogP contribution in [0.5, 0.6) is 0 Å². The molecule has 2 aromatic carbocycles. The summed E-state index contributed by atoms with van der Waals surface area (Å²) in [7, 11) is 0. The van der Waals surface area contributed by atoms with Crippen LogP contribution in [0.2, 0.25) is 0 Å². The van der Waals surface area contributed by atoms with Gasteiger partial charge < -0.3 is 10.2 Å². The molecule has 4 rings (SSSR count). The number of carbonyl (C=O) groups excluding carboxylic acids is 1. The molecule has 3 nitrogen and oxygen atoms in total. The number of nitrogens with zero attached hydrogens (tertiary/aromatic N) is 1. The highest BCUT2D eigenvalue weighted by molar-refractivity contribution is 6.07. The highest BCUT2D eigenvalue weighted by atomic mass is 16.2. The van der Waals surface area contributed by atoms with Crippen molar-refractivity contribution >= 4 is 11.6 Å². The molecule has 22 heavy (non-hydrogen) atoms. The second kappa shape index (κ2) is 5.25. The fraction of sp³-hybridized carbons (Fsp3) is 0.316. The molecule has 1 N–H and O–H groups in total. The molecule has 0 aliphatic carbocycles. The molecule has 0 unspecified atom stereocenters. The van der Waals surface area contributed by atoms with Crippen molar-refractivity contribution < 1.29 is 4.79 Å². The van der Waals surface area contributed by atoms with Gasteiger partial charge in [0.2, 0.25) is 0 Å². The number of fused-ring (bicyclic) bond motifs is 2. The van der Waals surface area contributed by atoms with Crippen molar-refractivity contribution in [3.63, 3.8) is 0 Å². The van der Waals surface area contributed by atoms with Gasteiger partial charge in [0.1, 0.15) is 0 Å². The molecule has 0 aromatic heterocycles. The molecule has 112 valence electrons. The average molecular weight is 292 g/mol. The summed E-state index contributed by atoms with van der Waals surface area (Å²) in [5.74, 6) is 0.125. The van der Waals surface area contributed by atoms with Crippen molar-refractivity contribution in [2.75, 3.05) is 11.4 Å². The number of benzene rings is 2. The van der Waals surface area contributed by atoms with E-state index in [-0.39, 0.29) is 5.91 Å². The largest absolute Gasteiger partial charge is 0.309 e. The van der Waals surface area contributed by atoms with Gasteiger partial charge in [0.05, 0.1) is 0 Å². The lowest BCUT2D eigenvalue weighted by Crippen LogP contribution is -2.35. The van der Waals surface area contributed by atoms with E-state index in [1.54, 1.807) is 0 Å². The van der Waals surface area contributed by atoms with E-state index >= 15 is 0 Å². The van der Waals surface area contributed by atoms with Gasteiger partial charge in [-0.05, 0) is 54.7 Å². The second-order valence-corrected chi connectivity index (χ2v) is 6.28. The van der Waals surface area contributed by atoms with E-state index in [9.17, 15) is 4.79 Å². The first-order chi connectivity index (χ1) is 10.7. The molecular formula is C19H20N2O. The Morgan fingerprint density at radius 1 is 1.05 bits per heavy atom. The maximum Gasteiger partial charge on any atom is 0.258 e. The van der Waals surface area contributed by atoms with Crippen LogP contribution in [-0.2, 0) is 19.5 Å². The highest BCUT2D eigenvalue weighted by Crippen LogP contribution is 2.29. The van der Waals surface area contributed by atoms with Crippen molar-refractivity contribution in [1.82, 2.24) is 5.32 Å². The van der Waals surface area contributed by atoms with E-state index in [0.29, 0.717) is 0 Å². The number of hydrogen-bond donors (Lipinski definition) is 1. The summed E-state index contributed by atoms with van der Waals surface area (Å²) in [6, 6.07) is 12.5. The topological polar surface area (TPSA) is 32.3 Å². The molecule has 0 atom stereocenters. The molecule has 2 aromatic rings. The molecule has 2 heterocycles. The molecule has 2 aliphatic rings. The predicted molar refractivity (Wildman–Crippen MR) is 88.2 cm³/mol. The zero-order valence-electron chi connectivity index (χ0n) is 12.9. The van der Waals surface area contributed by atoms with E-state index < -0.39 is 0 Å². The molecule has 0 saturated heterocycles. The minimum absolute atomic E-state index is 0.125. The van der Waals surface area contributed by atoms with Gasteiger partial charge in [0.15, 0.2) is 0 Å². The summed E-state index contributed by atoms with van der Waals surface area (Å²) in [5, 5.41) is 3.33. The summed E-state index contributed by atoms with van der Waals surface area (Å²) >= 11 is 0. The minimum atomic E-state index is 0.125. The van der Waals surface area contributed by atoms with Crippen molar-refractivity contribution in [2.45, 2.75) is 32.9 Å². The van der Waals surface area contributed by atoms with Crippen LogP contribution in [-0.4, -0.2) is 12.5 Å². The van der Waals surface area contributed by atoms with Crippen LogP contribution in [0.15, 0.2) is 36.4 Å². The van der Waals surface area contributed by atoms with Crippen molar-refractivity contribution in [2.24, 2.45) is 0 Å². The van der Waals surface area contributed by atoms with Crippen molar-refractivity contribution in [3.05, 3.63) is 64.2 Å². The van der Waals surface area contributed by atoms with Crippen LogP contribution in [0, 0.1) is 6.92 Å². The Labute approximate surface area is 131 Å². The monoisotopic (exact) mass is 292 g/mol. The average Bonchev–Trinajstić information content (AvgIpc) is 3.00. The lowest BCUT2D eigenvalue weighted by Gasteiger charge is -2.30. The fourth-order valence-corrected chi connectivity index (χ4v) is 3.52. The lowest BCUT2D eigenvalue weighted by molar-refractivity contribution is 0.0985. The Bertz CT molecular complexity index is 751. The van der Waals surface area contributed by atoms with Crippen LogP contribution in [0.4, 0.5) is 5.69 Å². The van der Waals surface area contributed by atoms with Gasteiger partial charge in [-0.2, -0.15) is 0 Å². The Morgan fingerprint density at radius 2 is 1.91 bits per heavy atom. The van der Waals surface area contributed by atoms with E-state index in [4.69, 9.17) is 0 Å². The second-order valence-electron chi connectivity index (χ2n) is 6.28. The molecule has 1 amide bonds. The first-order valence-corrected chi connectivity index (χ1v) is 7.96. The number of hydrogen-bond acceptors (Lipinski definition) is 2. The van der Waals surface area contributed by atoms with Gasteiger partial charge in [0.25, 0.3) is 5.91 Å². The summed E-state index contributed by atoms with van der Waals surface area (Å²) in [6.45, 7) is 4.70. The van der Waals surface area contributed by atoms with Crippen LogP contribution in [0.3, 0.4) is 0 Å². The SMILES string of the molecule is Cc1ccc2c(c1)CCCN2C(=O)c1ccc2c(c1)CNC2. The van der Waals surface area contributed by atoms with Gasteiger partial charge in [0, 0.05) is 30.9 Å². The Morgan fingerprint density at radius 3 is 2.82 bits per heavy atom. The first-order valence-electron chi connectivity index (χ1n) is 7.96.